The molecule has 1 unspecified atom stereocenters. The molecule has 16 heavy (non-hydrogen) atoms. The van der Waals surface area contributed by atoms with E-state index in [9.17, 15) is 8.78 Å². The van der Waals surface area contributed by atoms with Gasteiger partial charge in [0.15, 0.2) is 11.6 Å². The smallest absolute Gasteiger partial charge is 0.159 e. The van der Waals surface area contributed by atoms with Crippen LogP contribution >= 0.6 is 0 Å². The second-order valence-corrected chi connectivity index (χ2v) is 3.76. The molecule has 0 saturated carbocycles. The highest BCUT2D eigenvalue weighted by Gasteiger charge is 2.11. The lowest BCUT2D eigenvalue weighted by atomic mass is 10.0. The number of benzene rings is 1. The molecule has 2 nitrogen and oxygen atoms in total. The Hall–Kier alpha value is -1.00. The van der Waals surface area contributed by atoms with E-state index in [1.54, 1.807) is 6.07 Å². The fourth-order valence-corrected chi connectivity index (χ4v) is 1.69. The van der Waals surface area contributed by atoms with Crippen LogP contribution in [0.2, 0.25) is 0 Å². The molecule has 0 aliphatic carbocycles. The summed E-state index contributed by atoms with van der Waals surface area (Å²) in [7, 11) is 3.72. The molecule has 90 valence electrons. The number of nitrogens with one attached hydrogen (secondary N) is 2. The fourth-order valence-electron chi connectivity index (χ4n) is 1.69. The van der Waals surface area contributed by atoms with Gasteiger partial charge in [-0.25, -0.2) is 8.78 Å². The standard InChI is InChI=1S/C12H18F2N2/c1-15-7-3-4-12(16-2)9-5-6-10(13)11(14)8-9/h5-6,8,12,15-16H,3-4,7H2,1-2H3. The van der Waals surface area contributed by atoms with Gasteiger partial charge in [-0.3, -0.25) is 0 Å². The van der Waals surface area contributed by atoms with E-state index in [2.05, 4.69) is 10.6 Å². The van der Waals surface area contributed by atoms with Gasteiger partial charge < -0.3 is 10.6 Å². The number of hydrogen-bond donors (Lipinski definition) is 2. The summed E-state index contributed by atoms with van der Waals surface area (Å²) < 4.78 is 25.8. The molecule has 0 fully saturated rings. The molecule has 0 spiro atoms. The molecule has 1 aromatic rings. The van der Waals surface area contributed by atoms with E-state index >= 15 is 0 Å². The zero-order valence-electron chi connectivity index (χ0n) is 9.69. The van der Waals surface area contributed by atoms with E-state index in [0.29, 0.717) is 0 Å². The summed E-state index contributed by atoms with van der Waals surface area (Å²) in [5, 5.41) is 6.16. The van der Waals surface area contributed by atoms with Gasteiger partial charge in [0.2, 0.25) is 0 Å². The Kier molecular flexibility index (Phi) is 5.35. The third-order valence-electron chi connectivity index (χ3n) is 2.61. The highest BCUT2D eigenvalue weighted by molar-refractivity contribution is 5.21. The van der Waals surface area contributed by atoms with Gasteiger partial charge in [-0.15, -0.1) is 0 Å². The van der Waals surface area contributed by atoms with E-state index in [1.165, 1.54) is 12.1 Å². The van der Waals surface area contributed by atoms with Crippen molar-refractivity contribution >= 4 is 0 Å². The summed E-state index contributed by atoms with van der Waals surface area (Å²) in [6.45, 7) is 0.919. The van der Waals surface area contributed by atoms with Crippen LogP contribution in [-0.2, 0) is 0 Å². The van der Waals surface area contributed by atoms with Gasteiger partial charge in [0, 0.05) is 6.04 Å². The average molecular weight is 228 g/mol. The summed E-state index contributed by atoms with van der Waals surface area (Å²) in [4.78, 5) is 0. The minimum absolute atomic E-state index is 0.0726. The summed E-state index contributed by atoms with van der Waals surface area (Å²) in [5.41, 5.74) is 0.789. The van der Waals surface area contributed by atoms with E-state index in [-0.39, 0.29) is 6.04 Å². The highest BCUT2D eigenvalue weighted by Crippen LogP contribution is 2.20. The van der Waals surface area contributed by atoms with Crippen molar-refractivity contribution in [3.63, 3.8) is 0 Å². The van der Waals surface area contributed by atoms with Crippen LogP contribution in [-0.4, -0.2) is 20.6 Å². The SMILES string of the molecule is CNCCCC(NC)c1ccc(F)c(F)c1. The molecule has 0 bridgehead atoms. The molecule has 0 saturated heterocycles. The lowest BCUT2D eigenvalue weighted by molar-refractivity contribution is 0.490. The Morgan fingerprint density at radius 3 is 2.50 bits per heavy atom. The zero-order valence-corrected chi connectivity index (χ0v) is 9.69. The Morgan fingerprint density at radius 2 is 1.94 bits per heavy atom. The van der Waals surface area contributed by atoms with E-state index < -0.39 is 11.6 Å². The Bertz CT molecular complexity index is 329. The van der Waals surface area contributed by atoms with Gasteiger partial charge >= 0.3 is 0 Å². The van der Waals surface area contributed by atoms with Crippen molar-refractivity contribution < 1.29 is 8.78 Å². The zero-order chi connectivity index (χ0) is 12.0. The monoisotopic (exact) mass is 228 g/mol. The van der Waals surface area contributed by atoms with Crippen molar-refractivity contribution in [2.24, 2.45) is 0 Å². The van der Waals surface area contributed by atoms with Gasteiger partial charge in [-0.1, -0.05) is 6.07 Å². The molecule has 0 aliphatic heterocycles. The predicted molar refractivity (Wildman–Crippen MR) is 61.3 cm³/mol. The Morgan fingerprint density at radius 1 is 1.19 bits per heavy atom. The first-order valence-electron chi connectivity index (χ1n) is 5.46. The molecule has 0 heterocycles. The maximum Gasteiger partial charge on any atom is 0.159 e. The molecule has 0 aliphatic rings. The molecule has 2 N–H and O–H groups in total. The van der Waals surface area contributed by atoms with Crippen LogP contribution in [0.5, 0.6) is 0 Å². The van der Waals surface area contributed by atoms with Gasteiger partial charge in [0.1, 0.15) is 0 Å². The van der Waals surface area contributed by atoms with Crippen molar-refractivity contribution in [3.05, 3.63) is 35.4 Å². The summed E-state index contributed by atoms with van der Waals surface area (Å²) in [5.74, 6) is -1.58. The molecular formula is C12H18F2N2. The van der Waals surface area contributed by atoms with Crippen LogP contribution in [0.25, 0.3) is 0 Å². The first-order chi connectivity index (χ1) is 7.69. The Balaban J connectivity index is 2.67. The molecule has 1 rings (SSSR count). The largest absolute Gasteiger partial charge is 0.320 e. The third kappa shape index (κ3) is 3.54. The van der Waals surface area contributed by atoms with Crippen LogP contribution in [0.4, 0.5) is 8.78 Å². The van der Waals surface area contributed by atoms with Crippen molar-refractivity contribution in [3.8, 4) is 0 Å². The molecule has 4 heteroatoms. The third-order valence-corrected chi connectivity index (χ3v) is 2.61. The maximum atomic E-state index is 13.0. The first-order valence-corrected chi connectivity index (χ1v) is 5.46. The van der Waals surface area contributed by atoms with Crippen LogP contribution in [0.1, 0.15) is 24.4 Å². The van der Waals surface area contributed by atoms with Gasteiger partial charge in [-0.05, 0) is 51.2 Å². The summed E-state index contributed by atoms with van der Waals surface area (Å²) in [6.07, 6.45) is 1.88. The minimum Gasteiger partial charge on any atom is -0.320 e. The van der Waals surface area contributed by atoms with E-state index in [4.69, 9.17) is 0 Å². The topological polar surface area (TPSA) is 24.1 Å². The van der Waals surface area contributed by atoms with E-state index in [0.717, 1.165) is 24.9 Å². The maximum absolute atomic E-state index is 13.0. The van der Waals surface area contributed by atoms with Crippen molar-refractivity contribution in [1.29, 1.82) is 0 Å². The predicted octanol–water partition coefficient (Wildman–Crippen LogP) is 2.22. The molecule has 1 aromatic carbocycles. The van der Waals surface area contributed by atoms with Crippen molar-refractivity contribution in [2.75, 3.05) is 20.6 Å². The lowest BCUT2D eigenvalue weighted by Crippen LogP contribution is -2.18. The summed E-state index contributed by atoms with van der Waals surface area (Å²) >= 11 is 0. The van der Waals surface area contributed by atoms with Crippen molar-refractivity contribution in [1.82, 2.24) is 10.6 Å². The average Bonchev–Trinajstić information content (AvgIpc) is 2.29. The lowest BCUT2D eigenvalue weighted by Gasteiger charge is -2.16. The van der Waals surface area contributed by atoms with Crippen LogP contribution in [0.3, 0.4) is 0 Å². The van der Waals surface area contributed by atoms with Crippen LogP contribution in [0.15, 0.2) is 18.2 Å². The molecular weight excluding hydrogens is 210 g/mol. The van der Waals surface area contributed by atoms with Gasteiger partial charge in [-0.2, -0.15) is 0 Å². The first kappa shape index (κ1) is 13.1. The second-order valence-electron chi connectivity index (χ2n) is 3.76. The number of hydrogen-bond acceptors (Lipinski definition) is 2. The van der Waals surface area contributed by atoms with Crippen LogP contribution < -0.4 is 10.6 Å². The van der Waals surface area contributed by atoms with E-state index in [1.807, 2.05) is 14.1 Å². The molecule has 1 atom stereocenters. The fraction of sp³-hybridized carbons (Fsp3) is 0.500. The summed E-state index contributed by atoms with van der Waals surface area (Å²) in [6, 6.07) is 4.13. The second kappa shape index (κ2) is 6.55. The highest BCUT2D eigenvalue weighted by atomic mass is 19.2. The number of halogens is 2. The molecule has 0 aromatic heterocycles. The van der Waals surface area contributed by atoms with Crippen LogP contribution in [0, 0.1) is 11.6 Å². The normalized spacial score (nSPS) is 12.8. The molecule has 0 amide bonds. The van der Waals surface area contributed by atoms with Gasteiger partial charge in [0.25, 0.3) is 0 Å². The quantitative estimate of drug-likeness (QED) is 0.730. The molecule has 0 radical (unpaired) electrons. The van der Waals surface area contributed by atoms with Crippen molar-refractivity contribution in [2.45, 2.75) is 18.9 Å². The minimum atomic E-state index is -0.797. The van der Waals surface area contributed by atoms with Gasteiger partial charge in [0.05, 0.1) is 0 Å². The number of rotatable bonds is 6. The Labute approximate surface area is 95.1 Å².